The molecule has 5 aromatic rings. The molecule has 0 fully saturated rings. The lowest BCUT2D eigenvalue weighted by molar-refractivity contribution is 0.101. The highest BCUT2D eigenvalue weighted by molar-refractivity contribution is 6.01. The number of hydrogen-bond acceptors (Lipinski definition) is 5. The molecule has 0 saturated carbocycles. The van der Waals surface area contributed by atoms with E-state index >= 15 is 0 Å². The van der Waals surface area contributed by atoms with Gasteiger partial charge in [-0.1, -0.05) is 30.3 Å². The Labute approximate surface area is 193 Å². The van der Waals surface area contributed by atoms with Gasteiger partial charge in [0.1, 0.15) is 5.82 Å². The van der Waals surface area contributed by atoms with E-state index in [2.05, 4.69) is 15.5 Å². The van der Waals surface area contributed by atoms with Crippen LogP contribution in [0.3, 0.4) is 0 Å². The van der Waals surface area contributed by atoms with Crippen LogP contribution in [-0.2, 0) is 11.3 Å². The minimum absolute atomic E-state index is 0.209. The normalized spacial score (nSPS) is 11.3. The zero-order valence-corrected chi connectivity index (χ0v) is 18.4. The molecule has 5 rings (SSSR count). The summed E-state index contributed by atoms with van der Waals surface area (Å²) >= 11 is 0. The molecular formula is C25H20FN5O3. The van der Waals surface area contributed by atoms with Gasteiger partial charge in [0.15, 0.2) is 5.65 Å². The molecule has 0 atom stereocenters. The number of halogens is 1. The van der Waals surface area contributed by atoms with Crippen molar-refractivity contribution in [2.24, 2.45) is 0 Å². The van der Waals surface area contributed by atoms with E-state index in [4.69, 9.17) is 4.74 Å². The van der Waals surface area contributed by atoms with E-state index in [1.54, 1.807) is 42.0 Å². The summed E-state index contributed by atoms with van der Waals surface area (Å²) in [6.45, 7) is 2.04. The number of rotatable bonds is 5. The predicted molar refractivity (Wildman–Crippen MR) is 126 cm³/mol. The van der Waals surface area contributed by atoms with E-state index in [0.717, 1.165) is 15.8 Å². The molecule has 0 spiro atoms. The topological polar surface area (TPSA) is 90.5 Å². The zero-order valence-electron chi connectivity index (χ0n) is 18.4. The maximum absolute atomic E-state index is 13.5. The number of aryl methyl sites for hydroxylation is 1. The third kappa shape index (κ3) is 3.61. The van der Waals surface area contributed by atoms with Gasteiger partial charge in [-0.3, -0.25) is 15.0 Å². The van der Waals surface area contributed by atoms with Crippen LogP contribution >= 0.6 is 0 Å². The Hall–Kier alpha value is -4.37. The summed E-state index contributed by atoms with van der Waals surface area (Å²) in [7, 11) is 1.56. The number of carbonyl (C=O) groups is 1. The highest BCUT2D eigenvalue weighted by Crippen LogP contribution is 2.29. The maximum Gasteiger partial charge on any atom is 0.280 e. The molecule has 2 aromatic carbocycles. The number of fused-ring (bicyclic) bond motifs is 3. The third-order valence-electron chi connectivity index (χ3n) is 5.61. The van der Waals surface area contributed by atoms with Crippen molar-refractivity contribution in [3.8, 4) is 11.1 Å². The summed E-state index contributed by atoms with van der Waals surface area (Å²) in [4.78, 5) is 30.3. The number of amides is 1. The molecule has 8 nitrogen and oxygen atoms in total. The summed E-state index contributed by atoms with van der Waals surface area (Å²) in [6.07, 6.45) is 2.93. The van der Waals surface area contributed by atoms with Crippen molar-refractivity contribution in [1.82, 2.24) is 19.3 Å². The molecule has 1 N–H and O–H groups in total. The first kappa shape index (κ1) is 21.5. The number of pyridine rings is 1. The average molecular weight is 457 g/mol. The Morgan fingerprint density at radius 1 is 1.12 bits per heavy atom. The number of benzene rings is 2. The largest absolute Gasteiger partial charge is 0.378 e. The van der Waals surface area contributed by atoms with Gasteiger partial charge in [0.2, 0.25) is 0 Å². The minimum Gasteiger partial charge on any atom is -0.378 e. The second-order valence-corrected chi connectivity index (χ2v) is 7.80. The molecule has 1 amide bonds. The van der Waals surface area contributed by atoms with Gasteiger partial charge in [0, 0.05) is 25.1 Å². The van der Waals surface area contributed by atoms with Crippen molar-refractivity contribution in [2.45, 2.75) is 13.5 Å². The van der Waals surface area contributed by atoms with E-state index in [1.165, 1.54) is 24.5 Å². The summed E-state index contributed by atoms with van der Waals surface area (Å²) in [5.41, 5.74) is 6.51. The molecule has 170 valence electrons. The molecule has 0 radical (unpaired) electrons. The molecule has 0 unspecified atom stereocenters. The molecule has 3 aromatic heterocycles. The van der Waals surface area contributed by atoms with Crippen molar-refractivity contribution < 1.29 is 13.9 Å². The Morgan fingerprint density at radius 3 is 2.62 bits per heavy atom. The summed E-state index contributed by atoms with van der Waals surface area (Å²) in [6, 6.07) is 14.8. The van der Waals surface area contributed by atoms with Gasteiger partial charge in [0.05, 0.1) is 28.8 Å². The average Bonchev–Trinajstić information content (AvgIpc) is 3.20. The minimum atomic E-state index is -0.444. The van der Waals surface area contributed by atoms with Crippen LogP contribution in [0.25, 0.3) is 27.7 Å². The van der Waals surface area contributed by atoms with Gasteiger partial charge < -0.3 is 4.74 Å². The van der Waals surface area contributed by atoms with Crippen LogP contribution in [0.2, 0.25) is 0 Å². The van der Waals surface area contributed by atoms with Crippen LogP contribution in [0.15, 0.2) is 71.8 Å². The molecule has 0 aliphatic rings. The lowest BCUT2D eigenvalue weighted by Crippen LogP contribution is -2.33. The number of carbonyl (C=O) groups excluding carboxylic acids is 1. The van der Waals surface area contributed by atoms with Gasteiger partial charge in [-0.25, -0.2) is 18.6 Å². The van der Waals surface area contributed by atoms with Gasteiger partial charge in [0.25, 0.3) is 11.5 Å². The lowest BCUT2D eigenvalue weighted by Gasteiger charge is -2.11. The number of aromatic nitrogens is 4. The quantitative estimate of drug-likeness (QED) is 0.435. The summed E-state index contributed by atoms with van der Waals surface area (Å²) < 4.78 is 21.5. The second-order valence-electron chi connectivity index (χ2n) is 7.80. The fourth-order valence-corrected chi connectivity index (χ4v) is 3.95. The zero-order chi connectivity index (χ0) is 23.8. The van der Waals surface area contributed by atoms with Crippen molar-refractivity contribution in [2.75, 3.05) is 12.5 Å². The molecule has 0 aliphatic heterocycles. The van der Waals surface area contributed by atoms with Crippen molar-refractivity contribution in [1.29, 1.82) is 0 Å². The van der Waals surface area contributed by atoms with Crippen molar-refractivity contribution >= 4 is 22.5 Å². The van der Waals surface area contributed by atoms with Gasteiger partial charge in [-0.15, -0.1) is 0 Å². The molecule has 0 bridgehead atoms. The highest BCUT2D eigenvalue weighted by atomic mass is 19.1. The SMILES string of the molecule is COCc1nn2c(ncc3c(=O)n(NC(=O)c4ccccc4C)ccc32)c1-c1ccc(F)cc1. The molecule has 3 heterocycles. The fraction of sp³-hybridized carbons (Fsp3) is 0.120. The number of hydrogen-bond donors (Lipinski definition) is 1. The monoisotopic (exact) mass is 457 g/mol. The number of ether oxygens (including phenoxy) is 1. The summed E-state index contributed by atoms with van der Waals surface area (Å²) in [5, 5.41) is 4.90. The molecule has 0 saturated heterocycles. The molecule has 0 aliphatic carbocycles. The van der Waals surface area contributed by atoms with Crippen LogP contribution in [0.5, 0.6) is 0 Å². The van der Waals surface area contributed by atoms with Crippen LogP contribution in [0, 0.1) is 12.7 Å². The van der Waals surface area contributed by atoms with E-state index in [9.17, 15) is 14.0 Å². The van der Waals surface area contributed by atoms with Gasteiger partial charge in [-0.05, 0) is 42.3 Å². The van der Waals surface area contributed by atoms with Crippen LogP contribution in [0.4, 0.5) is 4.39 Å². The van der Waals surface area contributed by atoms with Gasteiger partial charge >= 0.3 is 0 Å². The first-order valence-electron chi connectivity index (χ1n) is 10.5. The van der Waals surface area contributed by atoms with Crippen LogP contribution in [0.1, 0.15) is 21.6 Å². The second kappa shape index (κ2) is 8.53. The first-order chi connectivity index (χ1) is 16.5. The summed E-state index contributed by atoms with van der Waals surface area (Å²) in [5.74, 6) is -0.742. The van der Waals surface area contributed by atoms with Crippen LogP contribution in [-0.4, -0.2) is 32.3 Å². The van der Waals surface area contributed by atoms with Gasteiger partial charge in [-0.2, -0.15) is 5.10 Å². The van der Waals surface area contributed by atoms with E-state index in [1.807, 2.05) is 19.1 Å². The number of methoxy groups -OCH3 is 1. The Balaban J connectivity index is 1.63. The predicted octanol–water partition coefficient (Wildman–Crippen LogP) is 3.69. The molecule has 34 heavy (non-hydrogen) atoms. The fourth-order valence-electron chi connectivity index (χ4n) is 3.95. The Bertz CT molecular complexity index is 1610. The van der Waals surface area contributed by atoms with E-state index in [-0.39, 0.29) is 17.8 Å². The first-order valence-corrected chi connectivity index (χ1v) is 10.5. The lowest BCUT2D eigenvalue weighted by atomic mass is 10.1. The van der Waals surface area contributed by atoms with E-state index < -0.39 is 11.5 Å². The third-order valence-corrected chi connectivity index (χ3v) is 5.61. The molecule has 9 heteroatoms. The number of nitrogens with zero attached hydrogens (tertiary/aromatic N) is 4. The number of nitrogens with one attached hydrogen (secondary N) is 1. The highest BCUT2D eigenvalue weighted by Gasteiger charge is 2.19. The maximum atomic E-state index is 13.5. The Morgan fingerprint density at radius 2 is 1.88 bits per heavy atom. The standard InChI is InChI=1S/C25H20FN5O3/c1-15-5-3-4-6-18(15)24(32)29-30-12-11-21-19(25(30)33)13-27-23-22(16-7-9-17(26)10-8-16)20(14-34-2)28-31(21)23/h3-13H,14H2,1-2H3,(H,29,32). The molecular weight excluding hydrogens is 437 g/mol. The van der Waals surface area contributed by atoms with Crippen molar-refractivity contribution in [3.63, 3.8) is 0 Å². The van der Waals surface area contributed by atoms with Crippen LogP contribution < -0.4 is 11.0 Å². The van der Waals surface area contributed by atoms with E-state index in [0.29, 0.717) is 28.0 Å². The van der Waals surface area contributed by atoms with Crippen molar-refractivity contribution in [3.05, 3.63) is 100.0 Å². The smallest absolute Gasteiger partial charge is 0.280 e. The Kier molecular flexibility index (Phi) is 5.39.